The largest absolute Gasteiger partial charge is 0.469 e. The third-order valence-electron chi connectivity index (χ3n) is 3.35. The van der Waals surface area contributed by atoms with Gasteiger partial charge >= 0.3 is 5.97 Å². The Kier molecular flexibility index (Phi) is 11.6. The Bertz CT molecular complexity index is 178. The fourth-order valence-corrected chi connectivity index (χ4v) is 2.17. The first-order valence-electron chi connectivity index (χ1n) is 7.34. The van der Waals surface area contributed by atoms with Crippen molar-refractivity contribution in [2.24, 2.45) is 5.92 Å². The number of carbonyl (C=O) groups excluding carboxylic acids is 1. The predicted molar refractivity (Wildman–Crippen MR) is 73.0 cm³/mol. The fourth-order valence-electron chi connectivity index (χ4n) is 2.17. The molecule has 0 heterocycles. The molecule has 0 aromatic heterocycles. The summed E-state index contributed by atoms with van der Waals surface area (Å²) < 4.78 is 4.87. The van der Waals surface area contributed by atoms with E-state index in [0.717, 1.165) is 25.7 Å². The van der Waals surface area contributed by atoms with Crippen molar-refractivity contribution in [2.75, 3.05) is 7.11 Å². The summed E-state index contributed by atoms with van der Waals surface area (Å²) >= 11 is 0. The van der Waals surface area contributed by atoms with Crippen LogP contribution in [0.25, 0.3) is 0 Å². The predicted octanol–water partition coefficient (Wildman–Crippen LogP) is 4.72. The van der Waals surface area contributed by atoms with Crippen LogP contribution in [0.1, 0.15) is 78.1 Å². The number of rotatable bonds is 11. The van der Waals surface area contributed by atoms with Crippen LogP contribution in [-0.4, -0.2) is 13.1 Å². The lowest BCUT2D eigenvalue weighted by molar-refractivity contribution is -0.146. The SMILES string of the molecule is CCCCCCCCC(CCCC)C(=O)OC. The highest BCUT2D eigenvalue weighted by molar-refractivity contribution is 5.72. The normalized spacial score (nSPS) is 12.4. The second-order valence-corrected chi connectivity index (χ2v) is 4.92. The molecule has 0 N–H and O–H groups in total. The highest BCUT2D eigenvalue weighted by Crippen LogP contribution is 2.19. The van der Waals surface area contributed by atoms with Gasteiger partial charge in [-0.15, -0.1) is 0 Å². The zero-order chi connectivity index (χ0) is 12.9. The molecule has 0 aliphatic rings. The first-order chi connectivity index (χ1) is 8.26. The molecule has 0 saturated heterocycles. The summed E-state index contributed by atoms with van der Waals surface area (Å²) in [6.07, 6.45) is 12.0. The molecule has 2 nitrogen and oxygen atoms in total. The molecule has 0 aliphatic carbocycles. The van der Waals surface area contributed by atoms with Crippen molar-refractivity contribution in [1.29, 1.82) is 0 Å². The van der Waals surface area contributed by atoms with Crippen molar-refractivity contribution < 1.29 is 9.53 Å². The summed E-state index contributed by atoms with van der Waals surface area (Å²) in [5.74, 6) is 0.137. The maximum absolute atomic E-state index is 11.6. The number of methoxy groups -OCH3 is 1. The van der Waals surface area contributed by atoms with Gasteiger partial charge in [-0.2, -0.15) is 0 Å². The number of hydrogen-bond acceptors (Lipinski definition) is 2. The van der Waals surface area contributed by atoms with Crippen LogP contribution in [0.5, 0.6) is 0 Å². The zero-order valence-corrected chi connectivity index (χ0v) is 12.0. The average molecular weight is 242 g/mol. The van der Waals surface area contributed by atoms with E-state index in [1.54, 1.807) is 0 Å². The molecule has 0 aromatic rings. The Morgan fingerprint density at radius 1 is 0.882 bits per heavy atom. The molecule has 0 aromatic carbocycles. The van der Waals surface area contributed by atoms with Crippen LogP contribution in [0.3, 0.4) is 0 Å². The summed E-state index contributed by atoms with van der Waals surface area (Å²) in [7, 11) is 1.50. The lowest BCUT2D eigenvalue weighted by Gasteiger charge is -2.13. The minimum absolute atomic E-state index is 0.00740. The molecule has 0 aliphatic heterocycles. The van der Waals surface area contributed by atoms with Gasteiger partial charge in [0.1, 0.15) is 0 Å². The fraction of sp³-hybridized carbons (Fsp3) is 0.933. The molecule has 0 amide bonds. The van der Waals surface area contributed by atoms with Crippen LogP contribution in [0.15, 0.2) is 0 Å². The molecule has 1 atom stereocenters. The van der Waals surface area contributed by atoms with Gasteiger partial charge in [0.2, 0.25) is 0 Å². The Labute approximate surface area is 107 Å². The quantitative estimate of drug-likeness (QED) is 0.387. The van der Waals surface area contributed by atoms with Gasteiger partial charge in [-0.1, -0.05) is 65.2 Å². The Balaban J connectivity index is 3.64. The van der Waals surface area contributed by atoms with Crippen molar-refractivity contribution in [2.45, 2.75) is 78.1 Å². The molecule has 0 radical (unpaired) electrons. The molecular weight excluding hydrogens is 212 g/mol. The maximum atomic E-state index is 11.6. The third kappa shape index (κ3) is 9.20. The standard InChI is InChI=1S/C15H30O2/c1-4-6-8-9-10-11-13-14(12-7-5-2)15(16)17-3/h14H,4-13H2,1-3H3. The van der Waals surface area contributed by atoms with Crippen LogP contribution in [0.4, 0.5) is 0 Å². The van der Waals surface area contributed by atoms with Gasteiger partial charge in [0.25, 0.3) is 0 Å². The highest BCUT2D eigenvalue weighted by Gasteiger charge is 2.17. The average Bonchev–Trinajstić information content (AvgIpc) is 2.36. The van der Waals surface area contributed by atoms with E-state index in [2.05, 4.69) is 13.8 Å². The van der Waals surface area contributed by atoms with Gasteiger partial charge in [-0.05, 0) is 12.8 Å². The van der Waals surface area contributed by atoms with Gasteiger partial charge in [0.05, 0.1) is 13.0 Å². The summed E-state index contributed by atoms with van der Waals surface area (Å²) in [5, 5.41) is 0. The van der Waals surface area contributed by atoms with Gasteiger partial charge in [-0.3, -0.25) is 4.79 Å². The van der Waals surface area contributed by atoms with Gasteiger partial charge in [-0.25, -0.2) is 0 Å². The number of hydrogen-bond donors (Lipinski definition) is 0. The maximum Gasteiger partial charge on any atom is 0.308 e. The summed E-state index contributed by atoms with van der Waals surface area (Å²) in [6.45, 7) is 4.40. The number of carbonyl (C=O) groups is 1. The molecule has 17 heavy (non-hydrogen) atoms. The minimum Gasteiger partial charge on any atom is -0.469 e. The number of ether oxygens (including phenoxy) is 1. The number of unbranched alkanes of at least 4 members (excludes halogenated alkanes) is 6. The molecule has 0 fully saturated rings. The molecule has 0 rings (SSSR count). The van der Waals surface area contributed by atoms with E-state index in [4.69, 9.17) is 4.74 Å². The Morgan fingerprint density at radius 3 is 2.00 bits per heavy atom. The van der Waals surface area contributed by atoms with E-state index in [-0.39, 0.29) is 11.9 Å². The third-order valence-corrected chi connectivity index (χ3v) is 3.35. The van der Waals surface area contributed by atoms with Crippen molar-refractivity contribution in [3.8, 4) is 0 Å². The summed E-state index contributed by atoms with van der Waals surface area (Å²) in [6, 6.07) is 0. The van der Waals surface area contributed by atoms with Crippen LogP contribution < -0.4 is 0 Å². The number of esters is 1. The minimum atomic E-state index is -0.00740. The van der Waals surface area contributed by atoms with Crippen LogP contribution >= 0.6 is 0 Å². The molecule has 2 heteroatoms. The highest BCUT2D eigenvalue weighted by atomic mass is 16.5. The lowest BCUT2D eigenvalue weighted by atomic mass is 9.95. The monoisotopic (exact) mass is 242 g/mol. The lowest BCUT2D eigenvalue weighted by Crippen LogP contribution is -2.16. The summed E-state index contributed by atoms with van der Waals surface area (Å²) in [5.41, 5.74) is 0. The molecule has 0 bridgehead atoms. The van der Waals surface area contributed by atoms with Crippen LogP contribution in [0.2, 0.25) is 0 Å². The summed E-state index contributed by atoms with van der Waals surface area (Å²) in [4.78, 5) is 11.6. The second kappa shape index (κ2) is 11.9. The van der Waals surface area contributed by atoms with E-state index >= 15 is 0 Å². The smallest absolute Gasteiger partial charge is 0.308 e. The van der Waals surface area contributed by atoms with Crippen molar-refractivity contribution in [3.05, 3.63) is 0 Å². The first-order valence-corrected chi connectivity index (χ1v) is 7.34. The Morgan fingerprint density at radius 2 is 1.41 bits per heavy atom. The van der Waals surface area contributed by atoms with Crippen LogP contribution in [-0.2, 0) is 9.53 Å². The molecule has 102 valence electrons. The molecule has 0 saturated carbocycles. The van der Waals surface area contributed by atoms with Crippen molar-refractivity contribution >= 4 is 5.97 Å². The van der Waals surface area contributed by atoms with Crippen molar-refractivity contribution in [1.82, 2.24) is 0 Å². The second-order valence-electron chi connectivity index (χ2n) is 4.92. The van der Waals surface area contributed by atoms with E-state index in [1.165, 1.54) is 45.6 Å². The Hall–Kier alpha value is -0.530. The molecular formula is C15H30O2. The molecule has 1 unspecified atom stereocenters. The van der Waals surface area contributed by atoms with E-state index in [0.29, 0.717) is 0 Å². The van der Waals surface area contributed by atoms with E-state index in [9.17, 15) is 4.79 Å². The van der Waals surface area contributed by atoms with Gasteiger partial charge in [0, 0.05) is 0 Å². The van der Waals surface area contributed by atoms with Gasteiger partial charge < -0.3 is 4.74 Å². The molecule has 0 spiro atoms. The zero-order valence-electron chi connectivity index (χ0n) is 12.0. The topological polar surface area (TPSA) is 26.3 Å². The van der Waals surface area contributed by atoms with Gasteiger partial charge in [0.15, 0.2) is 0 Å². The first kappa shape index (κ1) is 16.5. The van der Waals surface area contributed by atoms with E-state index < -0.39 is 0 Å². The van der Waals surface area contributed by atoms with Crippen molar-refractivity contribution in [3.63, 3.8) is 0 Å². The van der Waals surface area contributed by atoms with Crippen LogP contribution in [0, 0.1) is 5.92 Å². The van der Waals surface area contributed by atoms with E-state index in [1.807, 2.05) is 0 Å².